The molecule has 1 aliphatic rings. The van der Waals surface area contributed by atoms with Crippen LogP contribution >= 0.6 is 0 Å². The number of rotatable bonds is 10. The van der Waals surface area contributed by atoms with E-state index >= 15 is 0 Å². The Morgan fingerprint density at radius 1 is 0.976 bits per heavy atom. The highest BCUT2D eigenvalue weighted by molar-refractivity contribution is 7.92. The summed E-state index contributed by atoms with van der Waals surface area (Å²) >= 11 is 0. The minimum absolute atomic E-state index is 0.00346. The molecular formula is C31H32F3N5O2S. The van der Waals surface area contributed by atoms with Crippen molar-refractivity contribution < 1.29 is 21.6 Å². The van der Waals surface area contributed by atoms with Gasteiger partial charge in [-0.15, -0.1) is 0 Å². The summed E-state index contributed by atoms with van der Waals surface area (Å²) < 4.78 is 67.3. The highest BCUT2D eigenvalue weighted by Crippen LogP contribution is 2.42. The van der Waals surface area contributed by atoms with Gasteiger partial charge < -0.3 is 10.2 Å². The van der Waals surface area contributed by atoms with E-state index in [0.717, 1.165) is 72.1 Å². The number of nitrogens with zero attached hydrogens (tertiary/aromatic N) is 3. The van der Waals surface area contributed by atoms with Crippen LogP contribution in [0.1, 0.15) is 41.0 Å². The van der Waals surface area contributed by atoms with Crippen molar-refractivity contribution in [2.24, 2.45) is 0 Å². The van der Waals surface area contributed by atoms with Gasteiger partial charge in [-0.1, -0.05) is 42.5 Å². The molecule has 5 rings (SSSR count). The van der Waals surface area contributed by atoms with E-state index in [1.165, 1.54) is 0 Å². The maximum Gasteiger partial charge on any atom is 0.416 e. The summed E-state index contributed by atoms with van der Waals surface area (Å²) in [4.78, 5) is 11.1. The summed E-state index contributed by atoms with van der Waals surface area (Å²) in [5, 5.41) is 3.34. The predicted octanol–water partition coefficient (Wildman–Crippen LogP) is 6.40. The van der Waals surface area contributed by atoms with Gasteiger partial charge in [-0.05, 0) is 86.9 Å². The lowest BCUT2D eigenvalue weighted by molar-refractivity contribution is -0.137. The first-order valence-electron chi connectivity index (χ1n) is 13.6. The lowest BCUT2D eigenvalue weighted by Gasteiger charge is -2.27. The molecule has 220 valence electrons. The minimum Gasteiger partial charge on any atom is -0.354 e. The standard InChI is InChI=1S/C31H32F3N5O2S/c1-39(2)17-6-5-16-35-30-36-20-22-18-28(26-10-3-4-11-27(26)29(22)37-30)21-12-14-24(15-13-21)38-42(40,41)25-9-7-8-23(19-25)31(32,33)34/h3-4,7-15,19-20,28,38H,5-6,16-18H2,1-2H3,(H,35,36,37). The second-order valence-electron chi connectivity index (χ2n) is 10.6. The molecule has 11 heteroatoms. The van der Waals surface area contributed by atoms with Crippen molar-refractivity contribution in [3.63, 3.8) is 0 Å². The van der Waals surface area contributed by atoms with Crippen LogP contribution < -0.4 is 10.0 Å². The number of aromatic nitrogens is 2. The van der Waals surface area contributed by atoms with Gasteiger partial charge in [0.2, 0.25) is 5.95 Å². The first-order valence-corrected chi connectivity index (χ1v) is 15.1. The average molecular weight is 596 g/mol. The van der Waals surface area contributed by atoms with Crippen LogP contribution in [0.2, 0.25) is 0 Å². The molecule has 4 aromatic rings. The second-order valence-corrected chi connectivity index (χ2v) is 12.3. The van der Waals surface area contributed by atoms with Gasteiger partial charge in [0.15, 0.2) is 0 Å². The topological polar surface area (TPSA) is 87.2 Å². The molecule has 0 bridgehead atoms. The van der Waals surface area contributed by atoms with E-state index in [1.807, 2.05) is 36.5 Å². The second kappa shape index (κ2) is 12.1. The molecule has 7 nitrogen and oxygen atoms in total. The van der Waals surface area contributed by atoms with Crippen LogP contribution in [-0.4, -0.2) is 50.5 Å². The molecule has 0 fully saturated rings. The molecule has 2 N–H and O–H groups in total. The third-order valence-corrected chi connectivity index (χ3v) is 8.61. The predicted molar refractivity (Wildman–Crippen MR) is 158 cm³/mol. The highest BCUT2D eigenvalue weighted by atomic mass is 32.2. The Morgan fingerprint density at radius 3 is 2.48 bits per heavy atom. The molecule has 3 aromatic carbocycles. The summed E-state index contributed by atoms with van der Waals surface area (Å²) in [5.74, 6) is 0.598. The molecule has 1 atom stereocenters. The molecule has 1 heterocycles. The Balaban J connectivity index is 1.32. The van der Waals surface area contributed by atoms with Crippen molar-refractivity contribution in [3.05, 3.63) is 101 Å². The Hall–Kier alpha value is -3.96. The number of hydrogen-bond acceptors (Lipinski definition) is 6. The van der Waals surface area contributed by atoms with E-state index in [1.54, 1.807) is 12.1 Å². The van der Waals surface area contributed by atoms with E-state index in [0.29, 0.717) is 18.4 Å². The zero-order valence-electron chi connectivity index (χ0n) is 23.3. The normalized spacial score (nSPS) is 14.8. The molecule has 0 spiro atoms. The van der Waals surface area contributed by atoms with Crippen LogP contribution in [0.25, 0.3) is 11.3 Å². The van der Waals surface area contributed by atoms with Crippen molar-refractivity contribution >= 4 is 21.7 Å². The van der Waals surface area contributed by atoms with Crippen molar-refractivity contribution in [1.82, 2.24) is 14.9 Å². The van der Waals surface area contributed by atoms with Gasteiger partial charge in [-0.3, -0.25) is 4.72 Å². The van der Waals surface area contributed by atoms with Gasteiger partial charge in [-0.25, -0.2) is 18.4 Å². The molecule has 0 aliphatic heterocycles. The largest absolute Gasteiger partial charge is 0.416 e. The number of nitrogens with one attached hydrogen (secondary N) is 2. The Bertz CT molecular complexity index is 1660. The fourth-order valence-corrected chi connectivity index (χ4v) is 6.21. The Morgan fingerprint density at radius 2 is 1.74 bits per heavy atom. The van der Waals surface area contributed by atoms with Crippen molar-refractivity contribution in [2.45, 2.75) is 36.3 Å². The lowest BCUT2D eigenvalue weighted by atomic mass is 9.78. The molecule has 0 saturated carbocycles. The van der Waals surface area contributed by atoms with Crippen LogP contribution in [0.5, 0.6) is 0 Å². The molecule has 1 aromatic heterocycles. The van der Waals surface area contributed by atoms with Crippen LogP contribution in [0.4, 0.5) is 24.8 Å². The maximum atomic E-state index is 13.1. The van der Waals surface area contributed by atoms with Gasteiger partial charge in [0.05, 0.1) is 16.2 Å². The fourth-order valence-electron chi connectivity index (χ4n) is 5.11. The number of alkyl halides is 3. The van der Waals surface area contributed by atoms with Gasteiger partial charge in [0, 0.05) is 29.9 Å². The summed E-state index contributed by atoms with van der Waals surface area (Å²) in [6.07, 6.45) is -0.00291. The summed E-state index contributed by atoms with van der Waals surface area (Å²) in [6, 6.07) is 18.7. The number of halogens is 3. The summed E-state index contributed by atoms with van der Waals surface area (Å²) in [5.41, 5.74) is 4.26. The SMILES string of the molecule is CN(C)CCCCNc1ncc2c(n1)-c1ccccc1C(c1ccc(NS(=O)(=O)c3cccc(C(F)(F)F)c3)cc1)C2. The van der Waals surface area contributed by atoms with Gasteiger partial charge in [0.25, 0.3) is 10.0 Å². The van der Waals surface area contributed by atoms with Crippen molar-refractivity contribution in [3.8, 4) is 11.3 Å². The number of benzene rings is 3. The zero-order chi connectivity index (χ0) is 29.9. The molecular weight excluding hydrogens is 563 g/mol. The first-order chi connectivity index (χ1) is 20.0. The van der Waals surface area contributed by atoms with Gasteiger partial charge in [-0.2, -0.15) is 13.2 Å². The lowest BCUT2D eigenvalue weighted by Crippen LogP contribution is -2.17. The summed E-state index contributed by atoms with van der Waals surface area (Å²) in [7, 11) is -0.0941. The number of unbranched alkanes of at least 4 members (excludes halogenated alkanes) is 1. The van der Waals surface area contributed by atoms with Crippen molar-refractivity contribution in [1.29, 1.82) is 0 Å². The quantitative estimate of drug-likeness (QED) is 0.206. The van der Waals surface area contributed by atoms with Crippen molar-refractivity contribution in [2.75, 3.05) is 37.2 Å². The van der Waals surface area contributed by atoms with Crippen LogP contribution in [-0.2, 0) is 22.6 Å². The van der Waals surface area contributed by atoms with E-state index in [9.17, 15) is 21.6 Å². The number of anilines is 2. The minimum atomic E-state index is -4.64. The number of fused-ring (bicyclic) bond motifs is 3. The smallest absolute Gasteiger partial charge is 0.354 e. The summed E-state index contributed by atoms with van der Waals surface area (Å²) in [6.45, 7) is 1.82. The molecule has 0 radical (unpaired) electrons. The monoisotopic (exact) mass is 595 g/mol. The first kappa shape index (κ1) is 29.5. The van der Waals surface area contributed by atoms with Crippen LogP contribution in [0, 0.1) is 0 Å². The Labute approximate surface area is 243 Å². The van der Waals surface area contributed by atoms with E-state index in [-0.39, 0.29) is 11.6 Å². The fraction of sp³-hybridized carbons (Fsp3) is 0.290. The van der Waals surface area contributed by atoms with Gasteiger partial charge >= 0.3 is 6.18 Å². The molecule has 1 unspecified atom stereocenters. The molecule has 0 amide bonds. The zero-order valence-corrected chi connectivity index (χ0v) is 24.1. The van der Waals surface area contributed by atoms with E-state index < -0.39 is 26.7 Å². The number of hydrogen-bond donors (Lipinski definition) is 2. The molecule has 0 saturated heterocycles. The van der Waals surface area contributed by atoms with Gasteiger partial charge in [0.1, 0.15) is 0 Å². The van der Waals surface area contributed by atoms with E-state index in [2.05, 4.69) is 40.1 Å². The van der Waals surface area contributed by atoms with Crippen LogP contribution in [0.3, 0.4) is 0 Å². The van der Waals surface area contributed by atoms with Crippen LogP contribution in [0.15, 0.2) is 83.9 Å². The molecule has 1 aliphatic carbocycles. The maximum absolute atomic E-state index is 13.1. The van der Waals surface area contributed by atoms with E-state index in [4.69, 9.17) is 4.98 Å². The number of sulfonamides is 1. The third-order valence-electron chi connectivity index (χ3n) is 7.23. The highest BCUT2D eigenvalue weighted by Gasteiger charge is 2.32. The Kier molecular flexibility index (Phi) is 8.51. The molecule has 42 heavy (non-hydrogen) atoms. The third kappa shape index (κ3) is 6.74. The average Bonchev–Trinajstić information content (AvgIpc) is 2.96.